The van der Waals surface area contributed by atoms with Crippen molar-refractivity contribution in [2.75, 3.05) is 25.0 Å². The van der Waals surface area contributed by atoms with Crippen LogP contribution >= 0.6 is 0 Å². The van der Waals surface area contributed by atoms with Crippen LogP contribution in [-0.4, -0.2) is 26.0 Å². The summed E-state index contributed by atoms with van der Waals surface area (Å²) in [5, 5.41) is 3.35. The van der Waals surface area contributed by atoms with E-state index in [0.29, 0.717) is 0 Å². The first kappa shape index (κ1) is 11.0. The highest BCUT2D eigenvalue weighted by atomic mass is 16.1. The predicted molar refractivity (Wildman–Crippen MR) is 64.3 cm³/mol. The number of benzene rings is 1. The summed E-state index contributed by atoms with van der Waals surface area (Å²) in [4.78, 5) is 12.8. The van der Waals surface area contributed by atoms with Crippen LogP contribution in [0.4, 0.5) is 5.69 Å². The largest absolute Gasteiger partial charge is 0.368 e. The first-order chi connectivity index (χ1) is 7.68. The Balaban J connectivity index is 2.29. The summed E-state index contributed by atoms with van der Waals surface area (Å²) in [6.45, 7) is 2.15. The second kappa shape index (κ2) is 4.53. The van der Waals surface area contributed by atoms with Gasteiger partial charge >= 0.3 is 0 Å². The standard InChI is InChI=1S/C12H17N3O/c1-15(8-12(13)16)11-4-2-3-9-5-6-14-7-10(9)11/h2-4,14H,5-8H2,1H3,(H2,13,16). The van der Waals surface area contributed by atoms with E-state index in [9.17, 15) is 4.79 Å². The molecule has 0 radical (unpaired) electrons. The number of carbonyl (C=O) groups is 1. The Morgan fingerprint density at radius 1 is 1.56 bits per heavy atom. The lowest BCUT2D eigenvalue weighted by Crippen LogP contribution is -2.33. The average molecular weight is 219 g/mol. The molecule has 1 aliphatic rings. The molecular formula is C12H17N3O. The van der Waals surface area contributed by atoms with Gasteiger partial charge in [0.15, 0.2) is 0 Å². The van der Waals surface area contributed by atoms with Gasteiger partial charge in [-0.05, 0) is 30.2 Å². The summed E-state index contributed by atoms with van der Waals surface area (Å²) < 4.78 is 0. The van der Waals surface area contributed by atoms with Crippen molar-refractivity contribution in [3.63, 3.8) is 0 Å². The number of anilines is 1. The normalized spacial score (nSPS) is 14.3. The Kier molecular flexibility index (Phi) is 3.10. The van der Waals surface area contributed by atoms with Gasteiger partial charge in [0.25, 0.3) is 0 Å². The molecule has 4 heteroatoms. The van der Waals surface area contributed by atoms with Gasteiger partial charge in [-0.3, -0.25) is 4.79 Å². The topological polar surface area (TPSA) is 58.4 Å². The highest BCUT2D eigenvalue weighted by Gasteiger charge is 2.15. The summed E-state index contributed by atoms with van der Waals surface area (Å²) in [6.07, 6.45) is 1.05. The summed E-state index contributed by atoms with van der Waals surface area (Å²) in [7, 11) is 1.90. The van der Waals surface area contributed by atoms with Crippen molar-refractivity contribution < 1.29 is 4.79 Å². The molecule has 4 nitrogen and oxygen atoms in total. The number of fused-ring (bicyclic) bond motifs is 1. The van der Waals surface area contributed by atoms with E-state index in [4.69, 9.17) is 5.73 Å². The highest BCUT2D eigenvalue weighted by molar-refractivity contribution is 5.80. The van der Waals surface area contributed by atoms with E-state index in [-0.39, 0.29) is 12.5 Å². The van der Waals surface area contributed by atoms with Gasteiger partial charge in [-0.15, -0.1) is 0 Å². The fourth-order valence-corrected chi connectivity index (χ4v) is 2.17. The summed E-state index contributed by atoms with van der Waals surface area (Å²) >= 11 is 0. The molecule has 0 fully saturated rings. The molecule has 0 atom stereocenters. The predicted octanol–water partition coefficient (Wildman–Crippen LogP) is 0.254. The molecule has 1 amide bonds. The molecule has 2 rings (SSSR count). The Bertz CT molecular complexity index is 403. The zero-order valence-corrected chi connectivity index (χ0v) is 9.49. The number of hydrogen-bond donors (Lipinski definition) is 2. The molecule has 16 heavy (non-hydrogen) atoms. The highest BCUT2D eigenvalue weighted by Crippen LogP contribution is 2.25. The van der Waals surface area contributed by atoms with Crippen LogP contribution in [0.1, 0.15) is 11.1 Å². The van der Waals surface area contributed by atoms with Crippen LogP contribution in [0.25, 0.3) is 0 Å². The van der Waals surface area contributed by atoms with Gasteiger partial charge in [0.05, 0.1) is 6.54 Å². The van der Waals surface area contributed by atoms with Gasteiger partial charge in [0.1, 0.15) is 0 Å². The van der Waals surface area contributed by atoms with E-state index < -0.39 is 0 Å². The third-order valence-corrected chi connectivity index (χ3v) is 2.93. The molecule has 1 aromatic rings. The zero-order valence-electron chi connectivity index (χ0n) is 9.49. The Morgan fingerprint density at radius 2 is 2.38 bits per heavy atom. The summed E-state index contributed by atoms with van der Waals surface area (Å²) in [5.74, 6) is -0.302. The van der Waals surface area contributed by atoms with Gasteiger partial charge in [-0.1, -0.05) is 12.1 Å². The van der Waals surface area contributed by atoms with Crippen molar-refractivity contribution in [2.45, 2.75) is 13.0 Å². The molecule has 1 aromatic carbocycles. The molecule has 1 aliphatic heterocycles. The number of primary amides is 1. The van der Waals surface area contributed by atoms with Gasteiger partial charge in [-0.25, -0.2) is 0 Å². The quantitative estimate of drug-likeness (QED) is 0.766. The van der Waals surface area contributed by atoms with Crippen LogP contribution in [-0.2, 0) is 17.8 Å². The lowest BCUT2D eigenvalue weighted by molar-refractivity contribution is -0.116. The van der Waals surface area contributed by atoms with Gasteiger partial charge in [-0.2, -0.15) is 0 Å². The van der Waals surface area contributed by atoms with Crippen molar-refractivity contribution in [1.29, 1.82) is 0 Å². The van der Waals surface area contributed by atoms with Crippen LogP contribution in [0.5, 0.6) is 0 Å². The molecule has 0 saturated carbocycles. The summed E-state index contributed by atoms with van der Waals surface area (Å²) in [6, 6.07) is 6.23. The van der Waals surface area contributed by atoms with Gasteiger partial charge in [0, 0.05) is 19.3 Å². The van der Waals surface area contributed by atoms with Crippen LogP contribution < -0.4 is 16.0 Å². The van der Waals surface area contributed by atoms with E-state index in [1.54, 1.807) is 0 Å². The number of nitrogens with two attached hydrogens (primary N) is 1. The number of nitrogens with zero attached hydrogens (tertiary/aromatic N) is 1. The Labute approximate surface area is 95.4 Å². The lowest BCUT2D eigenvalue weighted by Gasteiger charge is -2.26. The SMILES string of the molecule is CN(CC(N)=O)c1cccc2c1CNCC2. The van der Waals surface area contributed by atoms with E-state index in [1.165, 1.54) is 11.1 Å². The minimum atomic E-state index is -0.302. The maximum Gasteiger partial charge on any atom is 0.236 e. The second-order valence-electron chi connectivity index (χ2n) is 4.16. The van der Waals surface area contributed by atoms with E-state index in [0.717, 1.165) is 25.2 Å². The minimum Gasteiger partial charge on any atom is -0.368 e. The van der Waals surface area contributed by atoms with Crippen LogP contribution in [0, 0.1) is 0 Å². The van der Waals surface area contributed by atoms with E-state index >= 15 is 0 Å². The Hall–Kier alpha value is -1.55. The average Bonchev–Trinajstić information content (AvgIpc) is 2.27. The Morgan fingerprint density at radius 3 is 3.12 bits per heavy atom. The molecule has 0 aromatic heterocycles. The third kappa shape index (κ3) is 2.17. The summed E-state index contributed by atoms with van der Waals surface area (Å²) in [5.41, 5.74) is 8.97. The molecular weight excluding hydrogens is 202 g/mol. The number of carbonyl (C=O) groups excluding carboxylic acids is 1. The second-order valence-corrected chi connectivity index (χ2v) is 4.16. The van der Waals surface area contributed by atoms with Gasteiger partial charge in [0.2, 0.25) is 5.91 Å². The first-order valence-electron chi connectivity index (χ1n) is 5.49. The molecule has 0 bridgehead atoms. The van der Waals surface area contributed by atoms with Crippen molar-refractivity contribution in [3.8, 4) is 0 Å². The zero-order chi connectivity index (χ0) is 11.5. The number of nitrogens with one attached hydrogen (secondary N) is 1. The molecule has 0 spiro atoms. The van der Waals surface area contributed by atoms with Crippen LogP contribution in [0.15, 0.2) is 18.2 Å². The minimum absolute atomic E-state index is 0.260. The van der Waals surface area contributed by atoms with Crippen LogP contribution in [0.3, 0.4) is 0 Å². The molecule has 0 unspecified atom stereocenters. The van der Waals surface area contributed by atoms with Crippen molar-refractivity contribution in [2.24, 2.45) is 5.73 Å². The number of hydrogen-bond acceptors (Lipinski definition) is 3. The van der Waals surface area contributed by atoms with E-state index in [1.807, 2.05) is 24.1 Å². The maximum atomic E-state index is 10.9. The number of rotatable bonds is 3. The van der Waals surface area contributed by atoms with Crippen molar-refractivity contribution in [3.05, 3.63) is 29.3 Å². The molecule has 0 saturated heterocycles. The fraction of sp³-hybridized carbons (Fsp3) is 0.417. The van der Waals surface area contributed by atoms with E-state index in [2.05, 4.69) is 11.4 Å². The smallest absolute Gasteiger partial charge is 0.236 e. The molecule has 86 valence electrons. The molecule has 3 N–H and O–H groups in total. The fourth-order valence-electron chi connectivity index (χ4n) is 2.17. The first-order valence-corrected chi connectivity index (χ1v) is 5.49. The van der Waals surface area contributed by atoms with Gasteiger partial charge < -0.3 is 16.0 Å². The van der Waals surface area contributed by atoms with Crippen molar-refractivity contribution >= 4 is 11.6 Å². The van der Waals surface area contributed by atoms with Crippen molar-refractivity contribution in [1.82, 2.24) is 5.32 Å². The lowest BCUT2D eigenvalue weighted by atomic mass is 9.99. The number of likely N-dealkylation sites (N-methyl/N-ethyl adjacent to an activating group) is 1. The number of amides is 1. The maximum absolute atomic E-state index is 10.9. The van der Waals surface area contributed by atoms with Crippen LogP contribution in [0.2, 0.25) is 0 Å². The third-order valence-electron chi connectivity index (χ3n) is 2.93. The molecule has 0 aliphatic carbocycles. The molecule has 1 heterocycles. The monoisotopic (exact) mass is 219 g/mol.